The lowest BCUT2D eigenvalue weighted by atomic mass is 10.4. The van der Waals surface area contributed by atoms with Crippen LogP contribution < -0.4 is 15.9 Å². The number of rotatable bonds is 10. The maximum Gasteiger partial charge on any atom is 0.144 e. The molecule has 2 rings (SSSR count). The van der Waals surface area contributed by atoms with Gasteiger partial charge in [-0.3, -0.25) is 0 Å². The fourth-order valence-electron chi connectivity index (χ4n) is 2.88. The Balaban J connectivity index is 2.02. The van der Waals surface area contributed by atoms with Crippen LogP contribution in [0.3, 0.4) is 0 Å². The van der Waals surface area contributed by atoms with E-state index in [-0.39, 0.29) is 0 Å². The molecule has 2 aromatic carbocycles. The molecule has 1 N–H and O–H groups in total. The molecule has 0 amide bonds. The van der Waals surface area contributed by atoms with Gasteiger partial charge in [0.1, 0.15) is 7.14 Å². The summed E-state index contributed by atoms with van der Waals surface area (Å²) in [4.78, 5) is 2.39. The Morgan fingerprint density at radius 3 is 1.79 bits per heavy atom. The number of likely N-dealkylation sites (N-methyl/N-ethyl adjacent to an activating group) is 1. The standard InChI is InChI=1S/C20H29N2OP/c1-3-22(4-2)17-15-21-16-18-24(23,19-11-7-5-8-12-19)20-13-9-6-10-14-20/h5-14,21H,3-4,15-18H2,1-2H3. The molecule has 0 unspecified atom stereocenters. The quantitative estimate of drug-likeness (QED) is 0.531. The third kappa shape index (κ3) is 5.04. The number of hydrogen-bond donors (Lipinski definition) is 1. The highest BCUT2D eigenvalue weighted by atomic mass is 31.2. The second kappa shape index (κ2) is 9.78. The SMILES string of the molecule is CCN(CC)CCNCCP(=O)(c1ccccc1)c1ccccc1. The molecule has 4 heteroatoms. The summed E-state index contributed by atoms with van der Waals surface area (Å²) in [6.45, 7) is 9.25. The summed E-state index contributed by atoms with van der Waals surface area (Å²) in [6.07, 6.45) is 0.652. The maximum absolute atomic E-state index is 13.8. The average molecular weight is 344 g/mol. The first-order valence-electron chi connectivity index (χ1n) is 8.84. The van der Waals surface area contributed by atoms with E-state index in [2.05, 4.69) is 24.1 Å². The van der Waals surface area contributed by atoms with Crippen LogP contribution in [0, 0.1) is 0 Å². The van der Waals surface area contributed by atoms with Crippen LogP contribution in [-0.4, -0.2) is 43.8 Å². The van der Waals surface area contributed by atoms with E-state index >= 15 is 0 Å². The van der Waals surface area contributed by atoms with Gasteiger partial charge < -0.3 is 14.8 Å². The molecule has 0 aliphatic carbocycles. The molecular weight excluding hydrogens is 315 g/mol. The minimum atomic E-state index is -2.58. The zero-order valence-corrected chi connectivity index (χ0v) is 15.7. The Kier molecular flexibility index (Phi) is 7.71. The van der Waals surface area contributed by atoms with E-state index in [1.54, 1.807) is 0 Å². The summed E-state index contributed by atoms with van der Waals surface area (Å²) < 4.78 is 13.8. The van der Waals surface area contributed by atoms with Crippen molar-refractivity contribution in [2.75, 3.05) is 38.9 Å². The van der Waals surface area contributed by atoms with Crippen molar-refractivity contribution in [1.82, 2.24) is 10.2 Å². The molecule has 0 aliphatic rings. The van der Waals surface area contributed by atoms with Gasteiger partial charge in [-0.05, 0) is 13.1 Å². The van der Waals surface area contributed by atoms with Gasteiger partial charge in [0.25, 0.3) is 0 Å². The lowest BCUT2D eigenvalue weighted by molar-refractivity contribution is 0.303. The molecule has 24 heavy (non-hydrogen) atoms. The van der Waals surface area contributed by atoms with Crippen molar-refractivity contribution in [3.05, 3.63) is 60.7 Å². The molecular formula is C20H29N2OP. The van der Waals surface area contributed by atoms with Gasteiger partial charge >= 0.3 is 0 Å². The van der Waals surface area contributed by atoms with E-state index in [0.29, 0.717) is 6.16 Å². The molecule has 0 saturated carbocycles. The summed E-state index contributed by atoms with van der Waals surface area (Å²) in [5, 5.41) is 5.36. The number of benzene rings is 2. The zero-order valence-electron chi connectivity index (χ0n) is 14.8. The molecule has 0 aliphatic heterocycles. The van der Waals surface area contributed by atoms with Gasteiger partial charge in [0.15, 0.2) is 0 Å². The van der Waals surface area contributed by atoms with E-state index in [1.807, 2.05) is 60.7 Å². The van der Waals surface area contributed by atoms with E-state index in [9.17, 15) is 4.57 Å². The van der Waals surface area contributed by atoms with Gasteiger partial charge in [-0.2, -0.15) is 0 Å². The summed E-state index contributed by atoms with van der Waals surface area (Å²) >= 11 is 0. The molecule has 2 aromatic rings. The molecule has 0 bridgehead atoms. The first-order valence-corrected chi connectivity index (χ1v) is 10.7. The summed E-state index contributed by atoms with van der Waals surface area (Å²) in [5.74, 6) is 0. The van der Waals surface area contributed by atoms with Gasteiger partial charge in [-0.15, -0.1) is 0 Å². The Morgan fingerprint density at radius 2 is 1.33 bits per heavy atom. The van der Waals surface area contributed by atoms with Crippen LogP contribution in [0.1, 0.15) is 13.8 Å². The summed E-state index contributed by atoms with van der Waals surface area (Å²) in [6, 6.07) is 19.8. The van der Waals surface area contributed by atoms with Crippen LogP contribution in [0.25, 0.3) is 0 Å². The molecule has 3 nitrogen and oxygen atoms in total. The minimum Gasteiger partial charge on any atom is -0.315 e. The van der Waals surface area contributed by atoms with Crippen molar-refractivity contribution >= 4 is 17.8 Å². The highest BCUT2D eigenvalue weighted by Crippen LogP contribution is 2.42. The van der Waals surface area contributed by atoms with Crippen molar-refractivity contribution in [3.8, 4) is 0 Å². The van der Waals surface area contributed by atoms with Crippen LogP contribution in [0.2, 0.25) is 0 Å². The molecule has 0 fully saturated rings. The highest BCUT2D eigenvalue weighted by molar-refractivity contribution is 7.78. The fraction of sp³-hybridized carbons (Fsp3) is 0.400. The Hall–Kier alpha value is -1.41. The Morgan fingerprint density at radius 1 is 0.833 bits per heavy atom. The lowest BCUT2D eigenvalue weighted by Gasteiger charge is -2.21. The largest absolute Gasteiger partial charge is 0.315 e. The van der Waals surface area contributed by atoms with Crippen LogP contribution in [0.15, 0.2) is 60.7 Å². The summed E-state index contributed by atoms with van der Waals surface area (Å²) in [7, 11) is -2.58. The monoisotopic (exact) mass is 344 g/mol. The molecule has 0 atom stereocenters. The van der Waals surface area contributed by atoms with E-state index in [4.69, 9.17) is 0 Å². The molecule has 0 radical (unpaired) electrons. The van der Waals surface area contributed by atoms with Crippen molar-refractivity contribution in [3.63, 3.8) is 0 Å². The second-order valence-electron chi connectivity index (χ2n) is 5.91. The molecule has 0 spiro atoms. The van der Waals surface area contributed by atoms with Crippen LogP contribution in [0.4, 0.5) is 0 Å². The van der Waals surface area contributed by atoms with Crippen LogP contribution >= 0.6 is 7.14 Å². The van der Waals surface area contributed by atoms with Crippen LogP contribution in [-0.2, 0) is 4.57 Å². The Labute approximate surface area is 146 Å². The van der Waals surface area contributed by atoms with Crippen molar-refractivity contribution < 1.29 is 4.57 Å². The average Bonchev–Trinajstić information content (AvgIpc) is 2.66. The summed E-state index contributed by atoms with van der Waals surface area (Å²) in [5.41, 5.74) is 0. The zero-order chi connectivity index (χ0) is 17.3. The first kappa shape index (κ1) is 18.9. The smallest absolute Gasteiger partial charge is 0.144 e. The topological polar surface area (TPSA) is 32.3 Å². The van der Waals surface area contributed by atoms with Gasteiger partial charge in [0.2, 0.25) is 0 Å². The third-order valence-electron chi connectivity index (χ3n) is 4.45. The van der Waals surface area contributed by atoms with Gasteiger partial charge in [0.05, 0.1) is 0 Å². The molecule has 0 heterocycles. The van der Waals surface area contributed by atoms with Gasteiger partial charge in [0, 0.05) is 36.4 Å². The van der Waals surface area contributed by atoms with Gasteiger partial charge in [-0.25, -0.2) is 0 Å². The predicted molar refractivity (Wildman–Crippen MR) is 105 cm³/mol. The van der Waals surface area contributed by atoms with Crippen molar-refractivity contribution in [2.45, 2.75) is 13.8 Å². The number of nitrogens with one attached hydrogen (secondary N) is 1. The van der Waals surface area contributed by atoms with Crippen molar-refractivity contribution in [2.24, 2.45) is 0 Å². The van der Waals surface area contributed by atoms with Crippen LogP contribution in [0.5, 0.6) is 0 Å². The normalized spacial score (nSPS) is 11.8. The number of nitrogens with zero attached hydrogens (tertiary/aromatic N) is 1. The maximum atomic E-state index is 13.8. The highest BCUT2D eigenvalue weighted by Gasteiger charge is 2.26. The lowest BCUT2D eigenvalue weighted by Crippen LogP contribution is -2.34. The van der Waals surface area contributed by atoms with Gasteiger partial charge in [-0.1, -0.05) is 74.5 Å². The van der Waals surface area contributed by atoms with E-state index < -0.39 is 7.14 Å². The molecule has 0 aromatic heterocycles. The van der Waals surface area contributed by atoms with Crippen molar-refractivity contribution in [1.29, 1.82) is 0 Å². The molecule has 130 valence electrons. The molecule has 0 saturated heterocycles. The van der Waals surface area contributed by atoms with E-state index in [0.717, 1.165) is 43.3 Å². The predicted octanol–water partition coefficient (Wildman–Crippen LogP) is 2.93. The fourth-order valence-corrected chi connectivity index (χ4v) is 5.48. The van der Waals surface area contributed by atoms with E-state index in [1.165, 1.54) is 0 Å². The minimum absolute atomic E-state index is 0.652. The Bertz CT molecular complexity index is 583. The first-order chi connectivity index (χ1) is 11.7. The second-order valence-corrected chi connectivity index (χ2v) is 8.87. The number of hydrogen-bond acceptors (Lipinski definition) is 3. The third-order valence-corrected chi connectivity index (χ3v) is 7.57.